The van der Waals surface area contributed by atoms with Crippen molar-refractivity contribution in [3.8, 4) is 11.5 Å². The monoisotopic (exact) mass is 395 g/mol. The van der Waals surface area contributed by atoms with Crippen LogP contribution in [0, 0.1) is 25.6 Å². The van der Waals surface area contributed by atoms with Crippen LogP contribution >= 0.6 is 0 Å². The summed E-state index contributed by atoms with van der Waals surface area (Å²) in [4.78, 5) is 12.7. The number of rotatable bonds is 7. The highest BCUT2D eigenvalue weighted by Gasteiger charge is 2.17. The minimum absolute atomic E-state index is 0.157. The van der Waals surface area contributed by atoms with E-state index >= 15 is 0 Å². The number of nitrogens with zero attached hydrogens (tertiary/aromatic N) is 2. The minimum Gasteiger partial charge on any atom is -0.455 e. The fraction of sp³-hybridized carbons (Fsp3) is 0.304. The fourth-order valence-electron chi connectivity index (χ4n) is 3.18. The third-order valence-corrected chi connectivity index (χ3v) is 4.59. The topological polar surface area (TPSA) is 56.2 Å². The Morgan fingerprint density at radius 3 is 2.66 bits per heavy atom. The van der Waals surface area contributed by atoms with Crippen molar-refractivity contribution >= 4 is 11.6 Å². The molecule has 2 aromatic carbocycles. The maximum Gasteiger partial charge on any atom is 0.229 e. The lowest BCUT2D eigenvalue weighted by Gasteiger charge is -2.12. The molecule has 3 aromatic rings. The van der Waals surface area contributed by atoms with Crippen LogP contribution in [-0.4, -0.2) is 15.7 Å². The van der Waals surface area contributed by atoms with Gasteiger partial charge in [0.15, 0.2) is 5.75 Å². The molecule has 0 spiro atoms. The van der Waals surface area contributed by atoms with Crippen LogP contribution in [0.1, 0.15) is 30.8 Å². The van der Waals surface area contributed by atoms with Gasteiger partial charge < -0.3 is 10.1 Å². The number of hydrogen-bond donors (Lipinski definition) is 1. The van der Waals surface area contributed by atoms with E-state index in [1.807, 2.05) is 24.6 Å². The van der Waals surface area contributed by atoms with Crippen molar-refractivity contribution in [1.29, 1.82) is 0 Å². The normalized spacial score (nSPS) is 11.0. The number of nitrogens with one attached hydrogen (secondary N) is 1. The second-order valence-corrected chi connectivity index (χ2v) is 7.51. The average molecular weight is 395 g/mol. The van der Waals surface area contributed by atoms with Gasteiger partial charge in [-0.05, 0) is 44.0 Å². The Balaban J connectivity index is 1.74. The SMILES string of the molecule is Cc1nn(CC(C)C)c(C)c1CC(=O)Nc1ccccc1Oc1cccc(F)c1. The Bertz CT molecular complexity index is 1010. The van der Waals surface area contributed by atoms with Crippen molar-refractivity contribution in [2.75, 3.05) is 5.32 Å². The number of halogens is 1. The predicted molar refractivity (Wildman–Crippen MR) is 112 cm³/mol. The number of aryl methyl sites for hydroxylation is 1. The standard InChI is InChI=1S/C23H26FN3O2/c1-15(2)14-27-17(4)20(16(3)26-27)13-23(28)25-21-10-5-6-11-22(21)29-19-9-7-8-18(24)12-19/h5-12,15H,13-14H2,1-4H3,(H,25,28). The number of carbonyl (C=O) groups excluding carboxylic acids is 1. The molecule has 0 aliphatic rings. The van der Waals surface area contributed by atoms with Gasteiger partial charge in [0.25, 0.3) is 0 Å². The number of anilines is 1. The van der Waals surface area contributed by atoms with Gasteiger partial charge in [0, 0.05) is 23.9 Å². The predicted octanol–water partition coefficient (Wildman–Crippen LogP) is 5.27. The number of amides is 1. The number of para-hydroxylation sites is 2. The summed E-state index contributed by atoms with van der Waals surface area (Å²) in [5.41, 5.74) is 3.34. The van der Waals surface area contributed by atoms with Crippen LogP contribution in [0.5, 0.6) is 11.5 Å². The molecule has 0 aliphatic heterocycles. The molecule has 6 heteroatoms. The minimum atomic E-state index is -0.381. The lowest BCUT2D eigenvalue weighted by Crippen LogP contribution is -2.16. The smallest absolute Gasteiger partial charge is 0.229 e. The third kappa shape index (κ3) is 5.22. The molecule has 0 unspecified atom stereocenters. The molecule has 1 amide bonds. The second-order valence-electron chi connectivity index (χ2n) is 7.51. The van der Waals surface area contributed by atoms with Crippen molar-refractivity contribution in [1.82, 2.24) is 9.78 Å². The Hall–Kier alpha value is -3.15. The van der Waals surface area contributed by atoms with Gasteiger partial charge in [0.2, 0.25) is 5.91 Å². The molecule has 1 aromatic heterocycles. The van der Waals surface area contributed by atoms with Crippen LogP contribution in [0.3, 0.4) is 0 Å². The lowest BCUT2D eigenvalue weighted by molar-refractivity contribution is -0.115. The van der Waals surface area contributed by atoms with E-state index in [1.165, 1.54) is 12.1 Å². The summed E-state index contributed by atoms with van der Waals surface area (Å²) in [5.74, 6) is 0.759. The van der Waals surface area contributed by atoms with E-state index in [1.54, 1.807) is 30.3 Å². The van der Waals surface area contributed by atoms with E-state index in [0.29, 0.717) is 23.1 Å². The first-order valence-electron chi connectivity index (χ1n) is 9.68. The number of ether oxygens (including phenoxy) is 1. The van der Waals surface area contributed by atoms with Gasteiger partial charge in [-0.15, -0.1) is 0 Å². The summed E-state index contributed by atoms with van der Waals surface area (Å²) < 4.78 is 21.1. The van der Waals surface area contributed by atoms with Crippen LogP contribution in [-0.2, 0) is 17.8 Å². The largest absolute Gasteiger partial charge is 0.455 e. The van der Waals surface area contributed by atoms with Gasteiger partial charge in [-0.25, -0.2) is 4.39 Å². The van der Waals surface area contributed by atoms with Crippen LogP contribution in [0.4, 0.5) is 10.1 Å². The quantitative estimate of drug-likeness (QED) is 0.593. The molecule has 0 aliphatic carbocycles. The van der Waals surface area contributed by atoms with E-state index < -0.39 is 0 Å². The fourth-order valence-corrected chi connectivity index (χ4v) is 3.18. The average Bonchev–Trinajstić information content (AvgIpc) is 2.90. The first-order chi connectivity index (χ1) is 13.8. The second kappa shape index (κ2) is 8.90. The first-order valence-corrected chi connectivity index (χ1v) is 9.68. The number of benzene rings is 2. The molecule has 0 atom stereocenters. The van der Waals surface area contributed by atoms with Crippen molar-refractivity contribution < 1.29 is 13.9 Å². The van der Waals surface area contributed by atoms with Gasteiger partial charge in [-0.2, -0.15) is 5.10 Å². The molecule has 0 saturated carbocycles. The maximum atomic E-state index is 13.4. The Kier molecular flexibility index (Phi) is 6.32. The van der Waals surface area contributed by atoms with Crippen LogP contribution in [0.15, 0.2) is 48.5 Å². The Morgan fingerprint density at radius 2 is 1.93 bits per heavy atom. The van der Waals surface area contributed by atoms with Crippen molar-refractivity contribution in [3.63, 3.8) is 0 Å². The van der Waals surface area contributed by atoms with Gasteiger partial charge >= 0.3 is 0 Å². The molecule has 1 heterocycles. The lowest BCUT2D eigenvalue weighted by atomic mass is 10.1. The Morgan fingerprint density at radius 1 is 1.17 bits per heavy atom. The molecule has 0 bridgehead atoms. The van der Waals surface area contributed by atoms with Crippen LogP contribution < -0.4 is 10.1 Å². The van der Waals surface area contributed by atoms with E-state index in [9.17, 15) is 9.18 Å². The highest BCUT2D eigenvalue weighted by atomic mass is 19.1. The van der Waals surface area contributed by atoms with Crippen molar-refractivity contribution in [2.45, 2.75) is 40.7 Å². The zero-order valence-electron chi connectivity index (χ0n) is 17.2. The molecule has 1 N–H and O–H groups in total. The number of aromatic nitrogens is 2. The maximum absolute atomic E-state index is 13.4. The first kappa shape index (κ1) is 20.6. The molecule has 0 saturated heterocycles. The van der Waals surface area contributed by atoms with Crippen molar-refractivity contribution in [3.05, 3.63) is 71.3 Å². The molecule has 152 valence electrons. The van der Waals surface area contributed by atoms with E-state index in [2.05, 4.69) is 24.3 Å². The third-order valence-electron chi connectivity index (χ3n) is 4.59. The number of hydrogen-bond acceptors (Lipinski definition) is 3. The van der Waals surface area contributed by atoms with E-state index in [4.69, 9.17) is 4.74 Å². The highest BCUT2D eigenvalue weighted by molar-refractivity contribution is 5.94. The van der Waals surface area contributed by atoms with Crippen molar-refractivity contribution in [2.24, 2.45) is 5.92 Å². The molecule has 0 radical (unpaired) electrons. The van der Waals surface area contributed by atoms with Gasteiger partial charge in [-0.1, -0.05) is 32.0 Å². The zero-order valence-corrected chi connectivity index (χ0v) is 17.2. The van der Waals surface area contributed by atoms with Crippen LogP contribution in [0.2, 0.25) is 0 Å². The summed E-state index contributed by atoms with van der Waals surface area (Å²) in [6.07, 6.45) is 0.226. The summed E-state index contributed by atoms with van der Waals surface area (Å²) in [6, 6.07) is 13.0. The molecule has 29 heavy (non-hydrogen) atoms. The highest BCUT2D eigenvalue weighted by Crippen LogP contribution is 2.30. The molecule has 3 rings (SSSR count). The molecular weight excluding hydrogens is 369 g/mol. The summed E-state index contributed by atoms with van der Waals surface area (Å²) in [5, 5.41) is 7.47. The molecular formula is C23H26FN3O2. The Labute approximate surface area is 170 Å². The van der Waals surface area contributed by atoms with E-state index in [0.717, 1.165) is 23.5 Å². The molecule has 5 nitrogen and oxygen atoms in total. The summed E-state index contributed by atoms with van der Waals surface area (Å²) in [7, 11) is 0. The molecule has 0 fully saturated rings. The van der Waals surface area contributed by atoms with Gasteiger partial charge in [0.1, 0.15) is 11.6 Å². The zero-order chi connectivity index (χ0) is 21.0. The summed E-state index contributed by atoms with van der Waals surface area (Å²) in [6.45, 7) is 9.01. The summed E-state index contributed by atoms with van der Waals surface area (Å²) >= 11 is 0. The van der Waals surface area contributed by atoms with Gasteiger partial charge in [-0.3, -0.25) is 9.48 Å². The van der Waals surface area contributed by atoms with Crippen LogP contribution in [0.25, 0.3) is 0 Å². The van der Waals surface area contributed by atoms with E-state index in [-0.39, 0.29) is 18.1 Å². The van der Waals surface area contributed by atoms with Gasteiger partial charge in [0.05, 0.1) is 17.8 Å². The number of carbonyl (C=O) groups is 1.